The minimum Gasteiger partial charge on any atom is -0.255 e. The van der Waals surface area contributed by atoms with Gasteiger partial charge in [0.2, 0.25) is 0 Å². The van der Waals surface area contributed by atoms with E-state index in [0.717, 1.165) is 33.9 Å². The van der Waals surface area contributed by atoms with Gasteiger partial charge in [0.25, 0.3) is 0 Å². The lowest BCUT2D eigenvalue weighted by Crippen LogP contribution is -1.94. The maximum absolute atomic E-state index is 4.98. The molecule has 260 valence electrons. The average molecular weight is 712 g/mol. The summed E-state index contributed by atoms with van der Waals surface area (Å²) in [5, 5.41) is 5.10. The lowest BCUT2D eigenvalue weighted by Gasteiger charge is -2.20. The van der Waals surface area contributed by atoms with Crippen molar-refractivity contribution in [2.45, 2.75) is 0 Å². The summed E-state index contributed by atoms with van der Waals surface area (Å²) in [7, 11) is 0. The quantitative estimate of drug-likeness (QED) is 0.172. The van der Waals surface area contributed by atoms with E-state index in [-0.39, 0.29) is 0 Å². The van der Waals surface area contributed by atoms with Crippen LogP contribution in [0.2, 0.25) is 0 Å². The molecule has 1 aliphatic rings. The Morgan fingerprint density at radius 2 is 0.750 bits per heavy atom. The van der Waals surface area contributed by atoms with Crippen molar-refractivity contribution in [3.63, 3.8) is 0 Å². The lowest BCUT2D eigenvalue weighted by atomic mass is 9.82. The maximum atomic E-state index is 4.98. The van der Waals surface area contributed by atoms with Crippen LogP contribution in [-0.4, -0.2) is 15.0 Å². The molecule has 0 bridgehead atoms. The highest BCUT2D eigenvalue weighted by atomic mass is 14.8. The van der Waals surface area contributed by atoms with Crippen molar-refractivity contribution >= 4 is 21.5 Å². The van der Waals surface area contributed by atoms with Crippen LogP contribution in [0.15, 0.2) is 200 Å². The molecule has 3 aromatic heterocycles. The fourth-order valence-electron chi connectivity index (χ4n) is 8.69. The molecule has 56 heavy (non-hydrogen) atoms. The van der Waals surface area contributed by atoms with Crippen LogP contribution in [0.25, 0.3) is 111 Å². The van der Waals surface area contributed by atoms with Gasteiger partial charge in [0.15, 0.2) is 0 Å². The van der Waals surface area contributed by atoms with Gasteiger partial charge in [-0.05, 0) is 125 Å². The van der Waals surface area contributed by atoms with E-state index >= 15 is 0 Å². The number of hydrogen-bond donors (Lipinski definition) is 0. The summed E-state index contributed by atoms with van der Waals surface area (Å²) in [6.07, 6.45) is 3.62. The van der Waals surface area contributed by atoms with Gasteiger partial charge in [-0.3, -0.25) is 9.97 Å². The Morgan fingerprint density at radius 1 is 0.268 bits per heavy atom. The van der Waals surface area contributed by atoms with Gasteiger partial charge in [-0.25, -0.2) is 4.98 Å². The number of nitrogens with zero attached hydrogens (tertiary/aromatic N) is 3. The van der Waals surface area contributed by atoms with Crippen molar-refractivity contribution in [1.29, 1.82) is 0 Å². The van der Waals surface area contributed by atoms with Gasteiger partial charge < -0.3 is 0 Å². The highest BCUT2D eigenvalue weighted by Gasteiger charge is 2.31. The first-order valence-corrected chi connectivity index (χ1v) is 19.0. The van der Waals surface area contributed by atoms with Gasteiger partial charge in [-0.2, -0.15) is 0 Å². The summed E-state index contributed by atoms with van der Waals surface area (Å²) in [5.41, 5.74) is 18.1. The summed E-state index contributed by atoms with van der Waals surface area (Å²) in [6, 6.07) is 67.3. The molecule has 3 heteroatoms. The Morgan fingerprint density at radius 3 is 1.30 bits per heavy atom. The number of fused-ring (bicyclic) bond motifs is 4. The van der Waals surface area contributed by atoms with Crippen molar-refractivity contribution in [3.8, 4) is 89.5 Å². The van der Waals surface area contributed by atoms with E-state index in [1.807, 2.05) is 48.8 Å². The molecule has 0 saturated heterocycles. The number of hydrogen-bond acceptors (Lipinski definition) is 3. The Bertz CT molecular complexity index is 2940. The zero-order valence-electron chi connectivity index (χ0n) is 30.4. The minimum absolute atomic E-state index is 0.817. The normalized spacial score (nSPS) is 11.6. The molecule has 7 aromatic carbocycles. The standard InChI is InChI=1S/C53H33N3/c1-3-14-36(15-4-1)49-41-18-7-8-19-42(41)50(37-16-5-2-6-17-37)53-44-29-28-39(40-20-13-21-43(51(40)44)52(49)53)35-26-24-34(25-27-35)38-32-47(45-22-9-11-30-54-45)56-48(33-38)46-23-10-12-31-55-46/h1-33H. The van der Waals surface area contributed by atoms with Gasteiger partial charge in [0.05, 0.1) is 22.8 Å². The zero-order valence-corrected chi connectivity index (χ0v) is 30.4. The molecule has 11 rings (SSSR count). The molecular weight excluding hydrogens is 679 g/mol. The molecule has 0 saturated carbocycles. The van der Waals surface area contributed by atoms with Crippen molar-refractivity contribution in [1.82, 2.24) is 15.0 Å². The smallest absolute Gasteiger partial charge is 0.0900 e. The van der Waals surface area contributed by atoms with Crippen LogP contribution in [-0.2, 0) is 0 Å². The first-order valence-electron chi connectivity index (χ1n) is 19.0. The molecular formula is C53H33N3. The summed E-state index contributed by atoms with van der Waals surface area (Å²) in [4.78, 5) is 14.2. The third-order valence-electron chi connectivity index (χ3n) is 11.1. The van der Waals surface area contributed by atoms with Crippen LogP contribution in [0.4, 0.5) is 0 Å². The Hall–Kier alpha value is -7.49. The van der Waals surface area contributed by atoms with Crippen molar-refractivity contribution in [3.05, 3.63) is 200 Å². The monoisotopic (exact) mass is 711 g/mol. The Balaban J connectivity index is 1.09. The van der Waals surface area contributed by atoms with Gasteiger partial charge in [0.1, 0.15) is 0 Å². The molecule has 1 aliphatic carbocycles. The third kappa shape index (κ3) is 5.17. The number of aromatic nitrogens is 3. The lowest BCUT2D eigenvalue weighted by molar-refractivity contribution is 1.22. The molecule has 0 atom stereocenters. The van der Waals surface area contributed by atoms with E-state index in [1.54, 1.807) is 0 Å². The van der Waals surface area contributed by atoms with Crippen LogP contribution in [0.5, 0.6) is 0 Å². The van der Waals surface area contributed by atoms with Gasteiger partial charge in [-0.15, -0.1) is 0 Å². The Kier molecular flexibility index (Phi) is 7.49. The average Bonchev–Trinajstić information content (AvgIpc) is 3.61. The minimum atomic E-state index is 0.817. The second kappa shape index (κ2) is 13.1. The van der Waals surface area contributed by atoms with Crippen LogP contribution < -0.4 is 0 Å². The second-order valence-electron chi connectivity index (χ2n) is 14.3. The van der Waals surface area contributed by atoms with E-state index in [0.29, 0.717) is 0 Å². The molecule has 10 aromatic rings. The molecule has 3 nitrogen and oxygen atoms in total. The summed E-state index contributed by atoms with van der Waals surface area (Å²) in [6.45, 7) is 0. The predicted octanol–water partition coefficient (Wildman–Crippen LogP) is 13.8. The summed E-state index contributed by atoms with van der Waals surface area (Å²) in [5.74, 6) is 0. The van der Waals surface area contributed by atoms with Crippen molar-refractivity contribution < 1.29 is 0 Å². The van der Waals surface area contributed by atoms with E-state index in [9.17, 15) is 0 Å². The topological polar surface area (TPSA) is 38.7 Å². The largest absolute Gasteiger partial charge is 0.255 e. The summed E-state index contributed by atoms with van der Waals surface area (Å²) < 4.78 is 0. The van der Waals surface area contributed by atoms with E-state index in [4.69, 9.17) is 4.98 Å². The number of pyridine rings is 3. The molecule has 0 spiro atoms. The first kappa shape index (κ1) is 32.0. The molecule has 3 heterocycles. The molecule has 0 radical (unpaired) electrons. The van der Waals surface area contributed by atoms with Gasteiger partial charge in [-0.1, -0.05) is 152 Å². The van der Waals surface area contributed by atoms with Gasteiger partial charge >= 0.3 is 0 Å². The second-order valence-corrected chi connectivity index (χ2v) is 14.3. The van der Waals surface area contributed by atoms with Gasteiger partial charge in [0, 0.05) is 12.4 Å². The highest BCUT2D eigenvalue weighted by Crippen LogP contribution is 2.58. The first-order chi connectivity index (χ1) is 27.8. The number of benzene rings is 7. The van der Waals surface area contributed by atoms with Crippen molar-refractivity contribution in [2.24, 2.45) is 0 Å². The summed E-state index contributed by atoms with van der Waals surface area (Å²) >= 11 is 0. The van der Waals surface area contributed by atoms with Crippen LogP contribution in [0, 0.1) is 0 Å². The van der Waals surface area contributed by atoms with Crippen LogP contribution in [0.1, 0.15) is 0 Å². The van der Waals surface area contributed by atoms with Crippen LogP contribution >= 0.6 is 0 Å². The molecule has 0 amide bonds. The third-order valence-corrected chi connectivity index (χ3v) is 11.1. The molecule has 0 unspecified atom stereocenters. The highest BCUT2D eigenvalue weighted by molar-refractivity contribution is 6.28. The SMILES string of the molecule is c1ccc(-c2c3c(c(-c4ccccc4)c4ccccc24)-c2ccc(-c4ccc(-c5cc(-c6ccccn6)nc(-c6ccccn6)c5)cc4)c4cccc-3c24)cc1. The van der Waals surface area contributed by atoms with E-state index < -0.39 is 0 Å². The fourth-order valence-corrected chi connectivity index (χ4v) is 8.69. The van der Waals surface area contributed by atoms with E-state index in [1.165, 1.54) is 77.2 Å². The van der Waals surface area contributed by atoms with E-state index in [2.05, 4.69) is 162 Å². The number of rotatable bonds is 6. The fraction of sp³-hybridized carbons (Fsp3) is 0. The molecule has 0 N–H and O–H groups in total. The zero-order chi connectivity index (χ0) is 37.0. The maximum Gasteiger partial charge on any atom is 0.0900 e. The predicted molar refractivity (Wildman–Crippen MR) is 232 cm³/mol. The molecule has 0 fully saturated rings. The van der Waals surface area contributed by atoms with Crippen LogP contribution in [0.3, 0.4) is 0 Å². The molecule has 0 aliphatic heterocycles. The van der Waals surface area contributed by atoms with Crippen molar-refractivity contribution in [2.75, 3.05) is 0 Å². The Labute approximate surface area is 325 Å².